The Morgan fingerprint density at radius 1 is 0.129 bits per heavy atom. The van der Waals surface area contributed by atoms with Crippen LogP contribution in [0.5, 0.6) is 0 Å². The van der Waals surface area contributed by atoms with Gasteiger partial charge in [0.15, 0.2) is 0 Å². The maximum atomic E-state index is 2.34. The molecule has 0 aromatic heterocycles. The molecule has 0 saturated carbocycles. The summed E-state index contributed by atoms with van der Waals surface area (Å²) in [6, 6.07) is 0. The lowest BCUT2D eigenvalue weighted by Crippen LogP contribution is -2.50. The van der Waals surface area contributed by atoms with Gasteiger partial charge in [-0.1, -0.05) is 317 Å². The Morgan fingerprint density at radius 2 is 0.226 bits per heavy atom. The van der Waals surface area contributed by atoms with Crippen LogP contribution >= 0.6 is 0 Å². The Bertz CT molecular complexity index is 689. The summed E-state index contributed by atoms with van der Waals surface area (Å²) in [6.07, 6.45) is 78.2. The van der Waals surface area contributed by atoms with Crippen LogP contribution in [0.25, 0.3) is 0 Å². The molecule has 0 aromatic carbocycles. The fraction of sp³-hybridized carbons (Fsp3) is 1.00. The molecule has 0 aliphatic heterocycles. The molecule has 0 rings (SSSR count). The third-order valence-corrected chi connectivity index (χ3v) is 15.2. The van der Waals surface area contributed by atoms with Crippen LogP contribution in [0.15, 0.2) is 0 Å². The lowest BCUT2D eigenvalue weighted by molar-refractivity contribution is -0.929. The van der Waals surface area contributed by atoms with Crippen molar-refractivity contribution in [2.75, 3.05) is 26.2 Å². The first kappa shape index (κ1) is 62.0. The third kappa shape index (κ3) is 49.4. The Balaban J connectivity index is 4.87. The standard InChI is InChI=1S/C61H126N/c1-5-9-13-17-21-25-29-33-34-35-36-37-41-45-49-53-57-61-62(58-54-50-46-42-38-30-26-22-18-14-10-6-2,59-55-51-47-43-39-31-27-23-19-15-11-7-3)60-56-52-48-44-40-32-28-24-20-16-12-8-4/h5-61H2,1-4H3/q+1. The predicted molar refractivity (Wildman–Crippen MR) is 287 cm³/mol. The van der Waals surface area contributed by atoms with Crippen molar-refractivity contribution < 1.29 is 4.48 Å². The fourth-order valence-electron chi connectivity index (χ4n) is 10.7. The molecule has 0 saturated heterocycles. The molecule has 62 heavy (non-hydrogen) atoms. The molecule has 0 aliphatic rings. The Labute approximate surface area is 397 Å². The van der Waals surface area contributed by atoms with E-state index >= 15 is 0 Å². The zero-order valence-corrected chi connectivity index (χ0v) is 44.8. The molecule has 0 aromatic rings. The van der Waals surface area contributed by atoms with Crippen molar-refractivity contribution in [3.05, 3.63) is 0 Å². The van der Waals surface area contributed by atoms with E-state index in [4.69, 9.17) is 0 Å². The van der Waals surface area contributed by atoms with Gasteiger partial charge in [-0.15, -0.1) is 0 Å². The van der Waals surface area contributed by atoms with E-state index in [1.54, 1.807) is 0 Å². The first-order valence-corrected chi connectivity index (χ1v) is 30.6. The van der Waals surface area contributed by atoms with Gasteiger partial charge in [-0.25, -0.2) is 0 Å². The van der Waals surface area contributed by atoms with Crippen LogP contribution < -0.4 is 0 Å². The first-order valence-electron chi connectivity index (χ1n) is 30.6. The molecule has 0 aliphatic carbocycles. The van der Waals surface area contributed by atoms with Crippen molar-refractivity contribution in [3.8, 4) is 0 Å². The van der Waals surface area contributed by atoms with Gasteiger partial charge in [0.25, 0.3) is 0 Å². The topological polar surface area (TPSA) is 0 Å². The zero-order valence-electron chi connectivity index (χ0n) is 44.8. The van der Waals surface area contributed by atoms with Crippen LogP contribution in [-0.2, 0) is 0 Å². The average Bonchev–Trinajstić information content (AvgIpc) is 3.28. The minimum Gasteiger partial charge on any atom is -0.324 e. The lowest BCUT2D eigenvalue weighted by Gasteiger charge is -2.40. The number of rotatable bonds is 57. The van der Waals surface area contributed by atoms with E-state index in [9.17, 15) is 0 Å². The van der Waals surface area contributed by atoms with Crippen LogP contribution in [0.2, 0.25) is 0 Å². The summed E-state index contributed by atoms with van der Waals surface area (Å²) < 4.78 is 1.49. The normalized spacial score (nSPS) is 12.0. The molecular weight excluding hydrogens is 747 g/mol. The summed E-state index contributed by atoms with van der Waals surface area (Å²) in [5.74, 6) is 0. The maximum absolute atomic E-state index is 2.34. The smallest absolute Gasteiger partial charge is 0.0786 e. The Morgan fingerprint density at radius 3 is 0.339 bits per heavy atom. The van der Waals surface area contributed by atoms with Gasteiger partial charge in [0, 0.05) is 0 Å². The Kier molecular flexibility index (Phi) is 55.3. The van der Waals surface area contributed by atoms with Gasteiger partial charge in [-0.05, 0) is 51.4 Å². The third-order valence-electron chi connectivity index (χ3n) is 15.2. The van der Waals surface area contributed by atoms with Crippen LogP contribution in [0.4, 0.5) is 0 Å². The monoisotopic (exact) mass is 873 g/mol. The van der Waals surface area contributed by atoms with Crippen LogP contribution in [0, 0.1) is 0 Å². The summed E-state index contributed by atoms with van der Waals surface area (Å²) >= 11 is 0. The largest absolute Gasteiger partial charge is 0.324 e. The zero-order chi connectivity index (χ0) is 44.8. The summed E-state index contributed by atoms with van der Waals surface area (Å²) in [4.78, 5) is 0. The lowest BCUT2D eigenvalue weighted by atomic mass is 10.0. The molecule has 0 radical (unpaired) electrons. The van der Waals surface area contributed by atoms with Crippen molar-refractivity contribution >= 4 is 0 Å². The van der Waals surface area contributed by atoms with E-state index in [1.165, 1.54) is 371 Å². The fourth-order valence-corrected chi connectivity index (χ4v) is 10.7. The number of hydrogen-bond acceptors (Lipinski definition) is 0. The molecule has 374 valence electrons. The summed E-state index contributed by atoms with van der Waals surface area (Å²) in [5, 5.41) is 0. The average molecular weight is 874 g/mol. The second-order valence-corrected chi connectivity index (χ2v) is 21.6. The molecule has 0 unspecified atom stereocenters. The molecule has 0 spiro atoms. The quantitative estimate of drug-likeness (QED) is 0.0422. The van der Waals surface area contributed by atoms with Crippen LogP contribution in [0.3, 0.4) is 0 Å². The predicted octanol–water partition coefficient (Wildman–Crippen LogP) is 22.6. The molecule has 0 atom stereocenters. The van der Waals surface area contributed by atoms with Crippen molar-refractivity contribution in [1.29, 1.82) is 0 Å². The van der Waals surface area contributed by atoms with Gasteiger partial charge in [0.2, 0.25) is 0 Å². The van der Waals surface area contributed by atoms with Crippen molar-refractivity contribution in [1.82, 2.24) is 0 Å². The molecule has 0 amide bonds. The molecule has 0 heterocycles. The molecule has 1 heteroatoms. The second-order valence-electron chi connectivity index (χ2n) is 21.6. The minimum atomic E-state index is 1.37. The van der Waals surface area contributed by atoms with Crippen molar-refractivity contribution in [3.63, 3.8) is 0 Å². The summed E-state index contributed by atoms with van der Waals surface area (Å²) in [5.41, 5.74) is 0. The van der Waals surface area contributed by atoms with Crippen LogP contribution in [0.1, 0.15) is 368 Å². The van der Waals surface area contributed by atoms with E-state index in [0.717, 1.165) is 0 Å². The number of quaternary nitrogens is 1. The Hall–Kier alpha value is -0.0400. The highest BCUT2D eigenvalue weighted by atomic mass is 15.3. The van der Waals surface area contributed by atoms with E-state index in [0.29, 0.717) is 0 Å². The highest BCUT2D eigenvalue weighted by Gasteiger charge is 2.26. The summed E-state index contributed by atoms with van der Waals surface area (Å²) in [6.45, 7) is 15.3. The highest BCUT2D eigenvalue weighted by Crippen LogP contribution is 2.22. The second kappa shape index (κ2) is 55.3. The van der Waals surface area contributed by atoms with E-state index in [-0.39, 0.29) is 0 Å². The minimum absolute atomic E-state index is 1.37. The van der Waals surface area contributed by atoms with Crippen molar-refractivity contribution in [2.45, 2.75) is 368 Å². The molecule has 0 bridgehead atoms. The number of nitrogens with zero attached hydrogens (tertiary/aromatic N) is 1. The van der Waals surface area contributed by atoms with E-state index in [1.807, 2.05) is 0 Å². The van der Waals surface area contributed by atoms with Gasteiger partial charge in [0.05, 0.1) is 26.2 Å². The number of hydrogen-bond donors (Lipinski definition) is 0. The highest BCUT2D eigenvalue weighted by molar-refractivity contribution is 4.57. The maximum Gasteiger partial charge on any atom is 0.0786 e. The van der Waals surface area contributed by atoms with Gasteiger partial charge in [-0.3, -0.25) is 0 Å². The molecular formula is C61H126N+. The molecule has 0 N–H and O–H groups in total. The molecule has 0 fully saturated rings. The first-order chi connectivity index (χ1) is 30.7. The number of unbranched alkanes of at least 4 members (excludes halogenated alkanes) is 49. The van der Waals surface area contributed by atoms with Gasteiger partial charge in [0.1, 0.15) is 0 Å². The van der Waals surface area contributed by atoms with Gasteiger partial charge in [-0.2, -0.15) is 0 Å². The summed E-state index contributed by atoms with van der Waals surface area (Å²) in [7, 11) is 0. The molecule has 1 nitrogen and oxygen atoms in total. The van der Waals surface area contributed by atoms with E-state index in [2.05, 4.69) is 27.7 Å². The van der Waals surface area contributed by atoms with Gasteiger partial charge >= 0.3 is 0 Å². The van der Waals surface area contributed by atoms with Gasteiger partial charge < -0.3 is 4.48 Å². The van der Waals surface area contributed by atoms with Crippen molar-refractivity contribution in [2.24, 2.45) is 0 Å². The van der Waals surface area contributed by atoms with Crippen LogP contribution in [-0.4, -0.2) is 30.7 Å². The van der Waals surface area contributed by atoms with E-state index < -0.39 is 0 Å². The SMILES string of the molecule is CCCCCCCCCCCCCCCCCCC[N+](CCCCCCCCCCCCCC)(CCCCCCCCCCCCCC)CCCCCCCCCCCCCC.